The van der Waals surface area contributed by atoms with Crippen LogP contribution in [0.3, 0.4) is 0 Å². The molecule has 0 unspecified atom stereocenters. The van der Waals surface area contributed by atoms with Crippen molar-refractivity contribution < 1.29 is 0 Å². The molecule has 2 atom stereocenters. The van der Waals surface area contributed by atoms with Crippen LogP contribution in [-0.4, -0.2) is 9.80 Å². The van der Waals surface area contributed by atoms with Crippen LogP contribution in [0, 0.1) is 0 Å². The summed E-state index contributed by atoms with van der Waals surface area (Å²) in [6.45, 7) is 8.39. The second-order valence-corrected chi connectivity index (χ2v) is 9.62. The normalized spacial score (nSPS) is 16.8. The monoisotopic (exact) mass is 446 g/mol. The third kappa shape index (κ3) is 5.30. The van der Waals surface area contributed by atoms with Crippen LogP contribution in [0.15, 0.2) is 109 Å². The van der Waals surface area contributed by atoms with Crippen LogP contribution in [0.5, 0.6) is 0 Å². The summed E-state index contributed by atoms with van der Waals surface area (Å²) in [5.74, 6) is 0. The maximum absolute atomic E-state index is 2.60. The fourth-order valence-electron chi connectivity index (χ4n) is 5.14. The zero-order chi connectivity index (χ0) is 23.3. The van der Waals surface area contributed by atoms with Gasteiger partial charge in [-0.2, -0.15) is 0 Å². The molecular formula is C32H34N2. The highest BCUT2D eigenvalue weighted by Crippen LogP contribution is 2.29. The molecule has 0 amide bonds. The van der Waals surface area contributed by atoms with E-state index >= 15 is 0 Å². The van der Waals surface area contributed by atoms with Gasteiger partial charge in [0.2, 0.25) is 0 Å². The lowest BCUT2D eigenvalue weighted by Gasteiger charge is -2.32. The number of hydrogen-bond acceptors (Lipinski definition) is 2. The molecule has 0 N–H and O–H groups in total. The van der Waals surface area contributed by atoms with Crippen molar-refractivity contribution in [2.45, 2.75) is 52.1 Å². The Balaban J connectivity index is 1.50. The van der Waals surface area contributed by atoms with Gasteiger partial charge >= 0.3 is 0 Å². The van der Waals surface area contributed by atoms with Crippen LogP contribution in [0.2, 0.25) is 0 Å². The van der Waals surface area contributed by atoms with E-state index in [9.17, 15) is 0 Å². The molecular weight excluding hydrogens is 412 g/mol. The SMILES string of the molecule is C[C@@H](c1ccccc1)N1Cc2cccc(c2)CN([C@@H](C)c2ccccc2)Cc2cccc(c2)C1. The van der Waals surface area contributed by atoms with Crippen LogP contribution in [0.25, 0.3) is 0 Å². The maximum atomic E-state index is 2.60. The molecule has 0 spiro atoms. The summed E-state index contributed by atoms with van der Waals surface area (Å²) in [5, 5.41) is 0. The highest BCUT2D eigenvalue weighted by molar-refractivity contribution is 5.29. The Hall–Kier alpha value is -3.20. The Bertz CT molecular complexity index is 1060. The summed E-state index contributed by atoms with van der Waals surface area (Å²) in [6.07, 6.45) is 0. The zero-order valence-corrected chi connectivity index (χ0v) is 20.3. The second-order valence-electron chi connectivity index (χ2n) is 9.62. The molecule has 34 heavy (non-hydrogen) atoms. The largest absolute Gasteiger partial charge is 0.288 e. The van der Waals surface area contributed by atoms with E-state index in [1.807, 2.05) is 0 Å². The van der Waals surface area contributed by atoms with Crippen molar-refractivity contribution in [1.82, 2.24) is 9.80 Å². The molecule has 1 aliphatic rings. The molecule has 0 aliphatic carbocycles. The van der Waals surface area contributed by atoms with Crippen molar-refractivity contribution in [2.24, 2.45) is 0 Å². The molecule has 0 saturated heterocycles. The van der Waals surface area contributed by atoms with Crippen LogP contribution in [0.4, 0.5) is 0 Å². The summed E-state index contributed by atoms with van der Waals surface area (Å²) in [5.41, 5.74) is 8.25. The number of benzene rings is 4. The molecule has 172 valence electrons. The van der Waals surface area contributed by atoms with Crippen molar-refractivity contribution in [3.05, 3.63) is 143 Å². The Morgan fingerprint density at radius 2 is 0.765 bits per heavy atom. The van der Waals surface area contributed by atoms with E-state index in [-0.39, 0.29) is 0 Å². The maximum Gasteiger partial charge on any atom is 0.0326 e. The van der Waals surface area contributed by atoms with Gasteiger partial charge in [-0.05, 0) is 47.2 Å². The third-order valence-electron chi connectivity index (χ3n) is 7.18. The lowest BCUT2D eigenvalue weighted by molar-refractivity contribution is 0.185. The molecule has 2 nitrogen and oxygen atoms in total. The molecule has 4 aromatic carbocycles. The summed E-state index contributed by atoms with van der Waals surface area (Å²) in [6, 6.07) is 40.8. The van der Waals surface area contributed by atoms with Crippen molar-refractivity contribution >= 4 is 0 Å². The highest BCUT2D eigenvalue weighted by atomic mass is 15.2. The van der Waals surface area contributed by atoms with Gasteiger partial charge in [-0.25, -0.2) is 0 Å². The Kier molecular flexibility index (Phi) is 6.89. The van der Waals surface area contributed by atoms with Crippen molar-refractivity contribution in [2.75, 3.05) is 0 Å². The molecule has 2 heteroatoms. The molecule has 1 heterocycles. The Labute approximate surface area is 204 Å². The first-order valence-electron chi connectivity index (χ1n) is 12.4. The first-order valence-corrected chi connectivity index (χ1v) is 12.4. The van der Waals surface area contributed by atoms with Gasteiger partial charge in [0.25, 0.3) is 0 Å². The lowest BCUT2D eigenvalue weighted by Crippen LogP contribution is -2.28. The minimum absolute atomic E-state index is 0.339. The van der Waals surface area contributed by atoms with Crippen LogP contribution in [-0.2, 0) is 26.2 Å². The van der Waals surface area contributed by atoms with Gasteiger partial charge in [0.1, 0.15) is 0 Å². The Morgan fingerprint density at radius 3 is 1.09 bits per heavy atom. The highest BCUT2D eigenvalue weighted by Gasteiger charge is 2.20. The molecule has 0 fully saturated rings. The smallest absolute Gasteiger partial charge is 0.0326 e. The third-order valence-corrected chi connectivity index (χ3v) is 7.18. The predicted molar refractivity (Wildman–Crippen MR) is 141 cm³/mol. The molecule has 1 aliphatic heterocycles. The fourth-order valence-corrected chi connectivity index (χ4v) is 5.14. The minimum atomic E-state index is 0.339. The van der Waals surface area contributed by atoms with E-state index < -0.39 is 0 Å². The van der Waals surface area contributed by atoms with Crippen LogP contribution < -0.4 is 0 Å². The van der Waals surface area contributed by atoms with E-state index in [0.29, 0.717) is 12.1 Å². The van der Waals surface area contributed by atoms with E-state index in [0.717, 1.165) is 26.2 Å². The number of fused-ring (bicyclic) bond motifs is 4. The summed E-state index contributed by atoms with van der Waals surface area (Å²) >= 11 is 0. The van der Waals surface area contributed by atoms with Crippen molar-refractivity contribution in [1.29, 1.82) is 0 Å². The lowest BCUT2D eigenvalue weighted by atomic mass is 10.0. The molecule has 5 rings (SSSR count). The standard InChI is InChI=1S/C32H34N2/c1-25(31-15-5-3-6-16-31)33-21-27-11-9-13-29(19-27)23-34(26(2)32-17-7-4-8-18-32)24-30-14-10-12-28(20-30)22-33/h3-20,25-26H,21-24H2,1-2H3/t25-,26-/m0/s1. The second kappa shape index (κ2) is 10.4. The van der Waals surface area contributed by atoms with Gasteiger partial charge in [-0.1, -0.05) is 109 Å². The average molecular weight is 447 g/mol. The first-order chi connectivity index (χ1) is 16.7. The number of rotatable bonds is 4. The number of nitrogens with zero attached hydrogens (tertiary/aromatic N) is 2. The topological polar surface area (TPSA) is 6.48 Å². The summed E-state index contributed by atoms with van der Waals surface area (Å²) in [4.78, 5) is 5.19. The van der Waals surface area contributed by atoms with E-state index in [2.05, 4.69) is 133 Å². The van der Waals surface area contributed by atoms with E-state index in [1.54, 1.807) is 0 Å². The van der Waals surface area contributed by atoms with Crippen LogP contribution in [0.1, 0.15) is 59.3 Å². The molecule has 0 radical (unpaired) electrons. The van der Waals surface area contributed by atoms with Gasteiger partial charge in [0.15, 0.2) is 0 Å². The summed E-state index contributed by atoms with van der Waals surface area (Å²) in [7, 11) is 0. The van der Waals surface area contributed by atoms with E-state index in [4.69, 9.17) is 0 Å². The van der Waals surface area contributed by atoms with Crippen LogP contribution >= 0.6 is 0 Å². The number of hydrogen-bond donors (Lipinski definition) is 0. The Morgan fingerprint density at radius 1 is 0.441 bits per heavy atom. The quantitative estimate of drug-likeness (QED) is 0.320. The summed E-state index contributed by atoms with van der Waals surface area (Å²) < 4.78 is 0. The van der Waals surface area contributed by atoms with Crippen molar-refractivity contribution in [3.8, 4) is 0 Å². The average Bonchev–Trinajstić information content (AvgIpc) is 2.88. The predicted octanol–water partition coefficient (Wildman–Crippen LogP) is 7.53. The van der Waals surface area contributed by atoms with Gasteiger partial charge in [-0.15, -0.1) is 0 Å². The van der Waals surface area contributed by atoms with Crippen molar-refractivity contribution in [3.63, 3.8) is 0 Å². The molecule has 0 saturated carbocycles. The molecule has 0 aromatic heterocycles. The minimum Gasteiger partial charge on any atom is -0.288 e. The van der Waals surface area contributed by atoms with Gasteiger partial charge in [0.05, 0.1) is 0 Å². The fraction of sp³-hybridized carbons (Fsp3) is 0.250. The first kappa shape index (κ1) is 22.6. The van der Waals surface area contributed by atoms with Gasteiger partial charge in [-0.3, -0.25) is 9.80 Å². The van der Waals surface area contributed by atoms with Gasteiger partial charge < -0.3 is 0 Å². The zero-order valence-electron chi connectivity index (χ0n) is 20.3. The molecule has 4 bridgehead atoms. The van der Waals surface area contributed by atoms with E-state index in [1.165, 1.54) is 33.4 Å². The van der Waals surface area contributed by atoms with Gasteiger partial charge in [0, 0.05) is 38.3 Å². The molecule has 4 aromatic rings.